The molecular weight excluding hydrogens is 342 g/mol. The van der Waals surface area contributed by atoms with Gasteiger partial charge in [0.15, 0.2) is 16.0 Å². The minimum atomic E-state index is -0.532. The van der Waals surface area contributed by atoms with Crippen LogP contribution in [0.3, 0.4) is 0 Å². The average Bonchev–Trinajstić information content (AvgIpc) is 3.13. The second-order valence-electron chi connectivity index (χ2n) is 4.53. The number of ether oxygens (including phenoxy) is 3. The molecule has 2 aromatic rings. The Morgan fingerprint density at radius 2 is 2.13 bits per heavy atom. The Kier molecular flexibility index (Phi) is 4.73. The normalized spacial score (nSPS) is 12.1. The van der Waals surface area contributed by atoms with Gasteiger partial charge in [0.05, 0.1) is 24.5 Å². The third kappa shape index (κ3) is 3.77. The molecular formula is C14H14ClN3O4S. The number of anilines is 2. The number of carbonyl (C=O) groups excluding carboxylic acids is 1. The van der Waals surface area contributed by atoms with Gasteiger partial charge in [-0.05, 0) is 6.92 Å². The summed E-state index contributed by atoms with van der Waals surface area (Å²) in [6, 6.07) is 3.47. The van der Waals surface area contributed by atoms with Crippen LogP contribution in [0.4, 0.5) is 16.2 Å². The molecule has 0 saturated heterocycles. The fraction of sp³-hybridized carbons (Fsp3) is 0.286. The Hall–Kier alpha value is -2.19. The van der Waals surface area contributed by atoms with Crippen LogP contribution < -0.4 is 20.1 Å². The molecule has 0 aliphatic carbocycles. The van der Waals surface area contributed by atoms with E-state index in [1.165, 1.54) is 11.3 Å². The topological polar surface area (TPSA) is 81.7 Å². The average molecular weight is 356 g/mol. The number of nitrogens with one attached hydrogen (secondary N) is 2. The SMILES string of the molecule is CCOC(=O)Nc1cc2c(cc1NCc1cnc(Cl)s1)OCO2. The van der Waals surface area contributed by atoms with Crippen LogP contribution in [-0.2, 0) is 11.3 Å². The number of halogens is 1. The van der Waals surface area contributed by atoms with Crippen molar-refractivity contribution in [2.45, 2.75) is 13.5 Å². The van der Waals surface area contributed by atoms with E-state index in [4.69, 9.17) is 25.8 Å². The largest absolute Gasteiger partial charge is 0.454 e. The summed E-state index contributed by atoms with van der Waals surface area (Å²) in [5, 5.41) is 5.91. The molecule has 0 radical (unpaired) electrons. The van der Waals surface area contributed by atoms with E-state index >= 15 is 0 Å². The molecule has 1 aliphatic heterocycles. The van der Waals surface area contributed by atoms with Gasteiger partial charge in [-0.15, -0.1) is 11.3 Å². The van der Waals surface area contributed by atoms with Crippen LogP contribution in [0.5, 0.6) is 11.5 Å². The molecule has 0 spiro atoms. The molecule has 1 amide bonds. The maximum atomic E-state index is 11.7. The quantitative estimate of drug-likeness (QED) is 0.851. The lowest BCUT2D eigenvalue weighted by molar-refractivity contribution is 0.168. The van der Waals surface area contributed by atoms with Gasteiger partial charge in [0, 0.05) is 23.2 Å². The van der Waals surface area contributed by atoms with E-state index in [0.29, 0.717) is 40.5 Å². The van der Waals surface area contributed by atoms with Crippen LogP contribution in [-0.4, -0.2) is 24.5 Å². The molecule has 0 fully saturated rings. The second kappa shape index (κ2) is 6.93. The number of nitrogens with zero attached hydrogens (tertiary/aromatic N) is 1. The molecule has 0 atom stereocenters. The summed E-state index contributed by atoms with van der Waals surface area (Å²) >= 11 is 7.21. The van der Waals surface area contributed by atoms with Gasteiger partial charge >= 0.3 is 6.09 Å². The van der Waals surface area contributed by atoms with Crippen LogP contribution >= 0.6 is 22.9 Å². The first-order valence-electron chi connectivity index (χ1n) is 6.87. The van der Waals surface area contributed by atoms with Crippen LogP contribution in [0.15, 0.2) is 18.3 Å². The molecule has 3 rings (SSSR count). The summed E-state index contributed by atoms with van der Waals surface area (Å²) in [6.45, 7) is 2.70. The van der Waals surface area contributed by atoms with Crippen LogP contribution in [0.25, 0.3) is 0 Å². The van der Waals surface area contributed by atoms with Crippen molar-refractivity contribution in [3.8, 4) is 11.5 Å². The summed E-state index contributed by atoms with van der Waals surface area (Å²) in [5.74, 6) is 1.19. The maximum Gasteiger partial charge on any atom is 0.411 e. The lowest BCUT2D eigenvalue weighted by Crippen LogP contribution is -2.14. The molecule has 0 saturated carbocycles. The minimum absolute atomic E-state index is 0.155. The molecule has 122 valence electrons. The molecule has 1 aromatic heterocycles. The molecule has 0 bridgehead atoms. The molecule has 0 unspecified atom stereocenters. The number of rotatable bonds is 5. The lowest BCUT2D eigenvalue weighted by Gasteiger charge is -2.13. The summed E-state index contributed by atoms with van der Waals surface area (Å²) < 4.78 is 16.1. The van der Waals surface area contributed by atoms with Crippen LogP contribution in [0.2, 0.25) is 4.47 Å². The fourth-order valence-corrected chi connectivity index (χ4v) is 2.93. The van der Waals surface area contributed by atoms with Gasteiger partial charge in [-0.2, -0.15) is 0 Å². The maximum absolute atomic E-state index is 11.7. The van der Waals surface area contributed by atoms with Gasteiger partial charge < -0.3 is 19.5 Å². The highest BCUT2D eigenvalue weighted by molar-refractivity contribution is 7.15. The van der Waals surface area contributed by atoms with E-state index in [1.54, 1.807) is 25.3 Å². The Morgan fingerprint density at radius 1 is 1.39 bits per heavy atom. The van der Waals surface area contributed by atoms with Gasteiger partial charge in [-0.3, -0.25) is 5.32 Å². The molecule has 23 heavy (non-hydrogen) atoms. The minimum Gasteiger partial charge on any atom is -0.454 e. The number of amides is 1. The first-order valence-corrected chi connectivity index (χ1v) is 8.06. The molecule has 9 heteroatoms. The number of thiazole rings is 1. The number of aromatic nitrogens is 1. The monoisotopic (exact) mass is 355 g/mol. The summed E-state index contributed by atoms with van der Waals surface area (Å²) in [5.41, 5.74) is 1.23. The zero-order valence-electron chi connectivity index (χ0n) is 12.2. The first kappa shape index (κ1) is 15.7. The summed E-state index contributed by atoms with van der Waals surface area (Å²) in [4.78, 5) is 16.6. The number of benzene rings is 1. The van der Waals surface area contributed by atoms with Gasteiger partial charge in [0.1, 0.15) is 0 Å². The van der Waals surface area contributed by atoms with Gasteiger partial charge in [0.25, 0.3) is 0 Å². The summed E-state index contributed by atoms with van der Waals surface area (Å²) in [7, 11) is 0. The van der Waals surface area contributed by atoms with E-state index in [9.17, 15) is 4.79 Å². The highest BCUT2D eigenvalue weighted by Gasteiger charge is 2.19. The highest BCUT2D eigenvalue weighted by atomic mass is 35.5. The van der Waals surface area contributed by atoms with Gasteiger partial charge in [-0.25, -0.2) is 9.78 Å². The molecule has 1 aromatic carbocycles. The first-order chi connectivity index (χ1) is 11.2. The Bertz CT molecular complexity index is 722. The zero-order valence-corrected chi connectivity index (χ0v) is 13.8. The number of hydrogen-bond donors (Lipinski definition) is 2. The zero-order chi connectivity index (χ0) is 16.2. The highest BCUT2D eigenvalue weighted by Crippen LogP contribution is 2.40. The van der Waals surface area contributed by atoms with Crippen molar-refractivity contribution in [2.75, 3.05) is 24.0 Å². The summed E-state index contributed by atoms with van der Waals surface area (Å²) in [6.07, 6.45) is 1.17. The number of carbonyl (C=O) groups is 1. The molecule has 7 nitrogen and oxygen atoms in total. The Balaban J connectivity index is 1.79. The van der Waals surface area contributed by atoms with Crippen molar-refractivity contribution in [1.82, 2.24) is 4.98 Å². The van der Waals surface area contributed by atoms with E-state index in [-0.39, 0.29) is 6.79 Å². The smallest absolute Gasteiger partial charge is 0.411 e. The third-order valence-corrected chi connectivity index (χ3v) is 4.12. The second-order valence-corrected chi connectivity index (χ2v) is 6.23. The molecule has 2 heterocycles. The standard InChI is InChI=1S/C14H14ClN3O4S/c1-2-20-14(19)18-10-4-12-11(21-7-22-12)3-9(10)16-5-8-6-17-13(15)23-8/h3-4,6,16H,2,5,7H2,1H3,(H,18,19). The van der Waals surface area contributed by atoms with Crippen molar-refractivity contribution in [3.05, 3.63) is 27.7 Å². The number of fused-ring (bicyclic) bond motifs is 1. The fourth-order valence-electron chi connectivity index (χ4n) is 2.02. The van der Waals surface area contributed by atoms with Gasteiger partial charge in [0.2, 0.25) is 6.79 Å². The van der Waals surface area contributed by atoms with Crippen molar-refractivity contribution in [2.24, 2.45) is 0 Å². The van der Waals surface area contributed by atoms with Crippen molar-refractivity contribution in [3.63, 3.8) is 0 Å². The van der Waals surface area contributed by atoms with Crippen molar-refractivity contribution < 1.29 is 19.0 Å². The van der Waals surface area contributed by atoms with Gasteiger partial charge in [-0.1, -0.05) is 11.6 Å². The Morgan fingerprint density at radius 3 is 2.78 bits per heavy atom. The van der Waals surface area contributed by atoms with Crippen molar-refractivity contribution in [1.29, 1.82) is 0 Å². The predicted molar refractivity (Wildman–Crippen MR) is 87.7 cm³/mol. The lowest BCUT2D eigenvalue weighted by atomic mass is 10.2. The van der Waals surface area contributed by atoms with Crippen molar-refractivity contribution >= 4 is 40.4 Å². The van der Waals surface area contributed by atoms with Crippen LogP contribution in [0, 0.1) is 0 Å². The Labute approximate surface area is 141 Å². The van der Waals surface area contributed by atoms with E-state index in [0.717, 1.165) is 4.88 Å². The predicted octanol–water partition coefficient (Wildman–Crippen LogP) is 3.71. The molecule has 2 N–H and O–H groups in total. The van der Waals surface area contributed by atoms with E-state index in [2.05, 4.69) is 15.6 Å². The van der Waals surface area contributed by atoms with Crippen LogP contribution in [0.1, 0.15) is 11.8 Å². The van der Waals surface area contributed by atoms with E-state index < -0.39 is 6.09 Å². The number of hydrogen-bond acceptors (Lipinski definition) is 7. The third-order valence-electron chi connectivity index (χ3n) is 3.00. The van der Waals surface area contributed by atoms with E-state index in [1.807, 2.05) is 0 Å². The molecule has 1 aliphatic rings.